The maximum absolute atomic E-state index is 13.0. The average molecular weight is 471 g/mol. The molecular weight excluding hydrogens is 448 g/mol. The Kier molecular flexibility index (Phi) is 5.95. The summed E-state index contributed by atoms with van der Waals surface area (Å²) in [6.45, 7) is 4.22. The monoisotopic (exact) mass is 470 g/mol. The zero-order valence-corrected chi connectivity index (χ0v) is 18.9. The van der Waals surface area contributed by atoms with E-state index in [1.807, 2.05) is 31.2 Å². The number of nitro groups is 1. The molecule has 0 radical (unpaired) electrons. The van der Waals surface area contributed by atoms with Crippen molar-refractivity contribution in [2.24, 2.45) is 0 Å². The van der Waals surface area contributed by atoms with Crippen molar-refractivity contribution in [3.05, 3.63) is 75.6 Å². The van der Waals surface area contributed by atoms with E-state index >= 15 is 0 Å². The average Bonchev–Trinajstić information content (AvgIpc) is 3.20. The minimum Gasteiger partial charge on any atom is -0.335 e. The third kappa shape index (κ3) is 4.34. The van der Waals surface area contributed by atoms with Crippen LogP contribution in [-0.2, 0) is 10.0 Å². The molecular formula is C21H22N6O5S. The van der Waals surface area contributed by atoms with Gasteiger partial charge in [0.25, 0.3) is 11.6 Å². The van der Waals surface area contributed by atoms with Crippen molar-refractivity contribution in [3.8, 4) is 5.69 Å². The van der Waals surface area contributed by atoms with Gasteiger partial charge < -0.3 is 4.90 Å². The number of aryl methyl sites for hydroxylation is 1. The second-order valence-corrected chi connectivity index (χ2v) is 9.66. The first-order valence-electron chi connectivity index (χ1n) is 10.2. The lowest BCUT2D eigenvalue weighted by Crippen LogP contribution is -2.50. The standard InChI is InChI=1S/C21H22N6O5S/c1-15-6-8-17(9-7-15)26-16(2)20(22-23-26)21(28)24-10-12-25(13-11-24)33(31,32)19-5-3-4-18(14-19)27(29)30/h3-9,14H,10-13H2,1-2H3. The van der Waals surface area contributed by atoms with Crippen LogP contribution in [0.2, 0.25) is 0 Å². The summed E-state index contributed by atoms with van der Waals surface area (Å²) in [5.74, 6) is -0.321. The molecule has 1 aromatic heterocycles. The number of sulfonamides is 1. The molecule has 1 aliphatic rings. The first-order chi connectivity index (χ1) is 15.7. The van der Waals surface area contributed by atoms with Crippen LogP contribution >= 0.6 is 0 Å². The molecule has 0 N–H and O–H groups in total. The third-order valence-corrected chi connectivity index (χ3v) is 7.46. The number of non-ortho nitro benzene ring substituents is 1. The van der Waals surface area contributed by atoms with Gasteiger partial charge in [-0.05, 0) is 32.0 Å². The summed E-state index contributed by atoms with van der Waals surface area (Å²) >= 11 is 0. The van der Waals surface area contributed by atoms with E-state index in [4.69, 9.17) is 0 Å². The van der Waals surface area contributed by atoms with Gasteiger partial charge in [0.05, 0.1) is 21.2 Å². The number of nitrogens with zero attached hydrogens (tertiary/aromatic N) is 6. The van der Waals surface area contributed by atoms with Crippen LogP contribution in [0.1, 0.15) is 21.7 Å². The lowest BCUT2D eigenvalue weighted by atomic mass is 10.2. The molecule has 2 aromatic carbocycles. The Morgan fingerprint density at radius 2 is 1.70 bits per heavy atom. The van der Waals surface area contributed by atoms with Crippen LogP contribution in [0.15, 0.2) is 53.4 Å². The highest BCUT2D eigenvalue weighted by atomic mass is 32.2. The summed E-state index contributed by atoms with van der Waals surface area (Å²) in [5, 5.41) is 19.1. The molecule has 2 heterocycles. The number of hydrogen-bond donors (Lipinski definition) is 0. The van der Waals surface area contributed by atoms with Gasteiger partial charge in [-0.25, -0.2) is 13.1 Å². The van der Waals surface area contributed by atoms with Gasteiger partial charge in [-0.15, -0.1) is 5.10 Å². The molecule has 1 amide bonds. The van der Waals surface area contributed by atoms with Crippen LogP contribution in [-0.4, -0.2) is 69.6 Å². The predicted molar refractivity (Wildman–Crippen MR) is 119 cm³/mol. The predicted octanol–water partition coefficient (Wildman–Crippen LogP) is 1.94. The molecule has 1 aliphatic heterocycles. The fraction of sp³-hybridized carbons (Fsp3) is 0.286. The van der Waals surface area contributed by atoms with E-state index in [1.54, 1.807) is 11.6 Å². The highest BCUT2D eigenvalue weighted by Crippen LogP contribution is 2.23. The first kappa shape index (κ1) is 22.6. The number of piperazine rings is 1. The van der Waals surface area contributed by atoms with Crippen LogP contribution in [0.3, 0.4) is 0 Å². The molecule has 0 atom stereocenters. The zero-order valence-electron chi connectivity index (χ0n) is 18.1. The van der Waals surface area contributed by atoms with Crippen molar-refractivity contribution in [1.82, 2.24) is 24.2 Å². The molecule has 33 heavy (non-hydrogen) atoms. The fourth-order valence-corrected chi connectivity index (χ4v) is 5.11. The lowest BCUT2D eigenvalue weighted by Gasteiger charge is -2.33. The van der Waals surface area contributed by atoms with Gasteiger partial charge in [0, 0.05) is 38.3 Å². The summed E-state index contributed by atoms with van der Waals surface area (Å²) in [7, 11) is -3.92. The molecule has 12 heteroatoms. The Balaban J connectivity index is 1.47. The largest absolute Gasteiger partial charge is 0.335 e. The van der Waals surface area contributed by atoms with E-state index in [-0.39, 0.29) is 48.4 Å². The number of aromatic nitrogens is 3. The van der Waals surface area contributed by atoms with Gasteiger partial charge in [-0.1, -0.05) is 29.0 Å². The van der Waals surface area contributed by atoms with Crippen molar-refractivity contribution in [2.45, 2.75) is 18.7 Å². The van der Waals surface area contributed by atoms with E-state index in [1.165, 1.54) is 27.4 Å². The molecule has 11 nitrogen and oxygen atoms in total. The van der Waals surface area contributed by atoms with Crippen molar-refractivity contribution in [1.29, 1.82) is 0 Å². The minimum absolute atomic E-state index is 0.0713. The SMILES string of the molecule is Cc1ccc(-n2nnc(C(=O)N3CCN(S(=O)(=O)c4cccc([N+](=O)[O-])c4)CC3)c2C)cc1. The number of carbonyl (C=O) groups excluding carboxylic acids is 1. The molecule has 4 rings (SSSR count). The summed E-state index contributed by atoms with van der Waals surface area (Å²) in [4.78, 5) is 24.8. The van der Waals surface area contributed by atoms with E-state index in [2.05, 4.69) is 10.3 Å². The molecule has 1 saturated heterocycles. The highest BCUT2D eigenvalue weighted by molar-refractivity contribution is 7.89. The maximum atomic E-state index is 13.0. The molecule has 172 valence electrons. The molecule has 0 spiro atoms. The first-order valence-corrected chi connectivity index (χ1v) is 11.7. The van der Waals surface area contributed by atoms with Crippen LogP contribution in [0.4, 0.5) is 5.69 Å². The number of benzene rings is 2. The van der Waals surface area contributed by atoms with E-state index in [0.29, 0.717) is 5.69 Å². The Bertz CT molecular complexity index is 1310. The van der Waals surface area contributed by atoms with Crippen molar-refractivity contribution in [2.75, 3.05) is 26.2 Å². The molecule has 3 aromatic rings. The molecule has 0 bridgehead atoms. The van der Waals surface area contributed by atoms with Crippen molar-refractivity contribution >= 4 is 21.6 Å². The third-order valence-electron chi connectivity index (χ3n) is 5.57. The van der Waals surface area contributed by atoms with Crippen molar-refractivity contribution < 1.29 is 18.1 Å². The lowest BCUT2D eigenvalue weighted by molar-refractivity contribution is -0.385. The number of nitro benzene ring substituents is 1. The van der Waals surface area contributed by atoms with Crippen LogP contribution in [0.25, 0.3) is 5.69 Å². The second-order valence-electron chi connectivity index (χ2n) is 7.72. The Labute approximate surface area is 190 Å². The molecule has 0 aliphatic carbocycles. The second kappa shape index (κ2) is 8.71. The highest BCUT2D eigenvalue weighted by Gasteiger charge is 2.32. The number of rotatable bonds is 5. The fourth-order valence-electron chi connectivity index (χ4n) is 3.65. The quantitative estimate of drug-likeness (QED) is 0.411. The van der Waals surface area contributed by atoms with Gasteiger partial charge in [0.1, 0.15) is 0 Å². The smallest absolute Gasteiger partial charge is 0.276 e. The van der Waals surface area contributed by atoms with Gasteiger partial charge in [0.15, 0.2) is 5.69 Å². The topological polar surface area (TPSA) is 132 Å². The summed E-state index contributed by atoms with van der Waals surface area (Å²) in [6, 6.07) is 12.6. The number of carbonyl (C=O) groups is 1. The molecule has 0 saturated carbocycles. The minimum atomic E-state index is -3.92. The number of amides is 1. The zero-order chi connectivity index (χ0) is 23.8. The molecule has 0 unspecified atom stereocenters. The van der Waals surface area contributed by atoms with E-state index < -0.39 is 14.9 Å². The summed E-state index contributed by atoms with van der Waals surface area (Å²) < 4.78 is 28.7. The maximum Gasteiger partial charge on any atom is 0.276 e. The Morgan fingerprint density at radius 1 is 1.03 bits per heavy atom. The van der Waals surface area contributed by atoms with Crippen LogP contribution in [0, 0.1) is 24.0 Å². The van der Waals surface area contributed by atoms with Crippen LogP contribution in [0.5, 0.6) is 0 Å². The van der Waals surface area contributed by atoms with Crippen LogP contribution < -0.4 is 0 Å². The summed E-state index contributed by atoms with van der Waals surface area (Å²) in [6.07, 6.45) is 0. The Morgan fingerprint density at radius 3 is 2.33 bits per heavy atom. The van der Waals surface area contributed by atoms with Gasteiger partial charge >= 0.3 is 0 Å². The van der Waals surface area contributed by atoms with Gasteiger partial charge in [0.2, 0.25) is 10.0 Å². The summed E-state index contributed by atoms with van der Waals surface area (Å²) in [5.41, 5.74) is 2.40. The van der Waals surface area contributed by atoms with Crippen molar-refractivity contribution in [3.63, 3.8) is 0 Å². The van der Waals surface area contributed by atoms with Gasteiger partial charge in [-0.3, -0.25) is 14.9 Å². The molecule has 1 fully saturated rings. The van der Waals surface area contributed by atoms with E-state index in [0.717, 1.165) is 17.3 Å². The normalized spacial score (nSPS) is 14.9. The number of hydrogen-bond acceptors (Lipinski definition) is 7. The van der Waals surface area contributed by atoms with Gasteiger partial charge in [-0.2, -0.15) is 4.31 Å². The van der Waals surface area contributed by atoms with E-state index in [9.17, 15) is 23.3 Å². The Hall–Kier alpha value is -3.64.